The van der Waals surface area contributed by atoms with Gasteiger partial charge in [-0.25, -0.2) is 9.59 Å². The zero-order chi connectivity index (χ0) is 31.3. The molecule has 0 saturated carbocycles. The number of carbonyl (C=O) groups excluding carboxylic acids is 1. The summed E-state index contributed by atoms with van der Waals surface area (Å²) in [6, 6.07) is 15.4. The van der Waals surface area contributed by atoms with Crippen molar-refractivity contribution in [3.63, 3.8) is 0 Å². The van der Waals surface area contributed by atoms with Crippen LogP contribution in [0.3, 0.4) is 0 Å². The van der Waals surface area contributed by atoms with Gasteiger partial charge in [0.2, 0.25) is 11.6 Å². The number of carboxylic acid groups (broad SMARTS) is 1. The van der Waals surface area contributed by atoms with Gasteiger partial charge in [0.1, 0.15) is 0 Å². The minimum Gasteiger partial charge on any atom is -0.481 e. The van der Waals surface area contributed by atoms with Crippen molar-refractivity contribution in [3.8, 4) is 5.69 Å². The van der Waals surface area contributed by atoms with Gasteiger partial charge in [-0.15, -0.1) is 0 Å². The first-order chi connectivity index (χ1) is 20.4. The molecular weight excluding hydrogens is 597 g/mol. The molecule has 3 heterocycles. The first kappa shape index (κ1) is 31.3. The maximum absolute atomic E-state index is 13.9. The molecule has 2 N–H and O–H groups in total. The van der Waals surface area contributed by atoms with Crippen molar-refractivity contribution in [2.24, 2.45) is 0 Å². The minimum atomic E-state index is -5.40. The Bertz CT molecular complexity index is 1740. The Morgan fingerprint density at radius 3 is 2.26 bits per heavy atom. The first-order valence-electron chi connectivity index (χ1n) is 12.9. The zero-order valence-corrected chi connectivity index (χ0v) is 23.4. The van der Waals surface area contributed by atoms with E-state index in [4.69, 9.17) is 21.5 Å². The molecule has 16 heteroatoms. The lowest BCUT2D eigenvalue weighted by Gasteiger charge is -2.28. The van der Waals surface area contributed by atoms with Gasteiger partial charge in [-0.3, -0.25) is 18.7 Å². The van der Waals surface area contributed by atoms with Gasteiger partial charge in [0.05, 0.1) is 10.7 Å². The zero-order valence-electron chi connectivity index (χ0n) is 22.7. The van der Waals surface area contributed by atoms with Crippen molar-refractivity contribution in [2.45, 2.75) is 26.1 Å². The van der Waals surface area contributed by atoms with Crippen molar-refractivity contribution >= 4 is 40.7 Å². The van der Waals surface area contributed by atoms with Gasteiger partial charge < -0.3 is 20.2 Å². The Morgan fingerprint density at radius 1 is 1.05 bits per heavy atom. The third kappa shape index (κ3) is 7.06. The van der Waals surface area contributed by atoms with Crippen LogP contribution in [-0.2, 0) is 22.6 Å². The van der Waals surface area contributed by atoms with E-state index in [0.717, 1.165) is 17.1 Å². The molecule has 1 fully saturated rings. The van der Waals surface area contributed by atoms with E-state index in [1.54, 1.807) is 59.5 Å². The van der Waals surface area contributed by atoms with Crippen LogP contribution in [0.4, 0.5) is 19.1 Å². The number of piperazine rings is 1. The standard InChI is InChI=1S/C25H22ClF3N6O4.C2H4O2/c26-17-8-4-5-9-18(17)34-19-20(31-23(34)32-14-11-30-12-15-32)35(39-22(37)25(27,28)29)24(38)33(21(19)36)13-10-16-6-2-1-3-7-16;1-2(3)4/h1-9,30H,10-15H2;1H3,(H,3,4). The van der Waals surface area contributed by atoms with Gasteiger partial charge in [0.25, 0.3) is 11.5 Å². The van der Waals surface area contributed by atoms with Crippen LogP contribution in [0.15, 0.2) is 64.2 Å². The van der Waals surface area contributed by atoms with E-state index in [1.807, 2.05) is 0 Å². The molecule has 0 unspecified atom stereocenters. The van der Waals surface area contributed by atoms with Gasteiger partial charge >= 0.3 is 17.8 Å². The Morgan fingerprint density at radius 2 is 1.65 bits per heavy atom. The first-order valence-corrected chi connectivity index (χ1v) is 13.3. The van der Waals surface area contributed by atoms with Gasteiger partial charge in [-0.05, 0) is 24.1 Å². The summed E-state index contributed by atoms with van der Waals surface area (Å²) in [5, 5.41) is 10.8. The van der Waals surface area contributed by atoms with Crippen LogP contribution < -0.4 is 26.3 Å². The number of nitrogens with one attached hydrogen (secondary N) is 1. The fraction of sp³-hybridized carbons (Fsp3) is 0.296. The lowest BCUT2D eigenvalue weighted by molar-refractivity contribution is -0.200. The molecule has 0 aliphatic carbocycles. The van der Waals surface area contributed by atoms with Crippen molar-refractivity contribution in [1.29, 1.82) is 0 Å². The van der Waals surface area contributed by atoms with Crippen LogP contribution >= 0.6 is 11.6 Å². The Kier molecular flexibility index (Phi) is 9.56. The second-order valence-corrected chi connectivity index (χ2v) is 9.68. The summed E-state index contributed by atoms with van der Waals surface area (Å²) in [6.45, 7) is 2.93. The highest BCUT2D eigenvalue weighted by molar-refractivity contribution is 6.32. The summed E-state index contributed by atoms with van der Waals surface area (Å²) >= 11 is 6.48. The normalized spacial score (nSPS) is 13.4. The number of imidazole rings is 1. The van der Waals surface area contributed by atoms with Gasteiger partial charge in [0.15, 0.2) is 5.52 Å². The highest BCUT2D eigenvalue weighted by Gasteiger charge is 2.43. The van der Waals surface area contributed by atoms with Crippen molar-refractivity contribution < 1.29 is 32.7 Å². The number of anilines is 1. The number of rotatable bonds is 6. The molecule has 1 aliphatic rings. The van der Waals surface area contributed by atoms with E-state index in [0.29, 0.717) is 31.9 Å². The van der Waals surface area contributed by atoms with Crippen LogP contribution in [-0.4, -0.2) is 68.2 Å². The number of aliphatic carboxylic acids is 1. The number of hydrogen-bond donors (Lipinski definition) is 2. The van der Waals surface area contributed by atoms with Crippen molar-refractivity contribution in [1.82, 2.24) is 24.2 Å². The number of para-hydroxylation sites is 1. The van der Waals surface area contributed by atoms with Gasteiger partial charge in [-0.1, -0.05) is 58.8 Å². The van der Waals surface area contributed by atoms with Gasteiger partial charge in [0, 0.05) is 39.6 Å². The van der Waals surface area contributed by atoms with E-state index >= 15 is 0 Å². The highest BCUT2D eigenvalue weighted by atomic mass is 35.5. The number of hydrogen-bond acceptors (Lipinski definition) is 8. The molecule has 228 valence electrons. The number of aryl methyl sites for hydroxylation is 1. The average Bonchev–Trinajstić information content (AvgIpc) is 3.36. The van der Waals surface area contributed by atoms with Gasteiger partial charge in [-0.2, -0.15) is 18.2 Å². The molecular formula is C27H26ClF3N6O6. The number of aromatic nitrogens is 4. The molecule has 5 rings (SSSR count). The molecule has 1 aliphatic heterocycles. The van der Waals surface area contributed by atoms with E-state index in [9.17, 15) is 27.6 Å². The molecule has 43 heavy (non-hydrogen) atoms. The van der Waals surface area contributed by atoms with E-state index in [2.05, 4.69) is 15.1 Å². The topological polar surface area (TPSA) is 141 Å². The Balaban J connectivity index is 0.000000996. The molecule has 1 saturated heterocycles. The molecule has 12 nitrogen and oxygen atoms in total. The maximum Gasteiger partial charge on any atom is 0.493 e. The molecule has 0 atom stereocenters. The third-order valence-corrected chi connectivity index (χ3v) is 6.57. The minimum absolute atomic E-state index is 0.136. The van der Waals surface area contributed by atoms with E-state index < -0.39 is 35.0 Å². The van der Waals surface area contributed by atoms with Crippen LogP contribution in [0.5, 0.6) is 0 Å². The second kappa shape index (κ2) is 13.1. The van der Waals surface area contributed by atoms with Crippen molar-refractivity contribution in [2.75, 3.05) is 31.1 Å². The Hall–Kier alpha value is -4.63. The van der Waals surface area contributed by atoms with Crippen LogP contribution in [0.2, 0.25) is 5.02 Å². The van der Waals surface area contributed by atoms with Crippen LogP contribution in [0, 0.1) is 0 Å². The summed E-state index contributed by atoms with van der Waals surface area (Å²) in [5.41, 5.74) is -1.79. The lowest BCUT2D eigenvalue weighted by atomic mass is 10.1. The van der Waals surface area contributed by atoms with Crippen LogP contribution in [0.1, 0.15) is 12.5 Å². The summed E-state index contributed by atoms with van der Waals surface area (Å²) in [7, 11) is 0. The van der Waals surface area contributed by atoms with Crippen LogP contribution in [0.25, 0.3) is 16.9 Å². The number of carbonyl (C=O) groups is 2. The predicted octanol–water partition coefficient (Wildman–Crippen LogP) is 2.26. The molecule has 0 spiro atoms. The number of nitrogens with zero attached hydrogens (tertiary/aromatic N) is 5. The fourth-order valence-electron chi connectivity index (χ4n) is 4.38. The smallest absolute Gasteiger partial charge is 0.481 e. The number of fused-ring (bicyclic) bond motifs is 1. The SMILES string of the molecule is CC(=O)O.O=C(On1c(=O)n(CCc2ccccc2)c(=O)c2c1nc(N1CCNCC1)n2-c1ccccc1Cl)C(F)(F)F. The number of carboxylic acids is 1. The molecule has 2 aromatic heterocycles. The molecule has 2 aromatic carbocycles. The number of alkyl halides is 3. The molecule has 4 aromatic rings. The summed E-state index contributed by atoms with van der Waals surface area (Å²) < 4.78 is 41.8. The predicted molar refractivity (Wildman–Crippen MR) is 151 cm³/mol. The highest BCUT2D eigenvalue weighted by Crippen LogP contribution is 2.29. The second-order valence-electron chi connectivity index (χ2n) is 9.27. The largest absolute Gasteiger partial charge is 0.493 e. The maximum atomic E-state index is 13.9. The van der Waals surface area contributed by atoms with Crippen molar-refractivity contribution in [3.05, 3.63) is 86.0 Å². The summed E-state index contributed by atoms with van der Waals surface area (Å²) in [5.74, 6) is -3.30. The third-order valence-electron chi connectivity index (χ3n) is 6.25. The van der Waals surface area contributed by atoms with E-state index in [1.165, 1.54) is 4.57 Å². The quantitative estimate of drug-likeness (QED) is 0.331. The van der Waals surface area contributed by atoms with E-state index in [-0.39, 0.29) is 34.2 Å². The number of halogens is 4. The summed E-state index contributed by atoms with van der Waals surface area (Å²) in [6.07, 6.45) is -5.19. The number of benzene rings is 2. The molecule has 0 radical (unpaired) electrons. The summed E-state index contributed by atoms with van der Waals surface area (Å²) in [4.78, 5) is 58.8. The lowest BCUT2D eigenvalue weighted by Crippen LogP contribution is -2.46. The Labute approximate surface area is 246 Å². The average molecular weight is 623 g/mol. The molecule has 0 bridgehead atoms. The fourth-order valence-corrected chi connectivity index (χ4v) is 4.60. The monoisotopic (exact) mass is 622 g/mol. The molecule has 0 amide bonds.